The number of benzene rings is 1. The molecule has 0 heterocycles. The molecule has 0 bridgehead atoms. The van der Waals surface area contributed by atoms with E-state index in [0.717, 1.165) is 11.3 Å². The van der Waals surface area contributed by atoms with Gasteiger partial charge in [0.15, 0.2) is 0 Å². The first-order valence-electron chi connectivity index (χ1n) is 6.44. The fraction of sp³-hybridized carbons (Fsp3) is 0.571. The molecule has 0 aliphatic rings. The Kier molecular flexibility index (Phi) is 5.38. The first kappa shape index (κ1) is 16.0. The number of hydrogen-bond acceptors (Lipinski definition) is 4. The molecule has 1 atom stereocenters. The van der Waals surface area contributed by atoms with Gasteiger partial charge in [-0.25, -0.2) is 8.42 Å². The van der Waals surface area contributed by atoms with Crippen LogP contribution < -0.4 is 10.5 Å². The molecule has 108 valence electrons. The topological polar surface area (TPSA) is 69.4 Å². The van der Waals surface area contributed by atoms with E-state index in [0.29, 0.717) is 12.8 Å². The van der Waals surface area contributed by atoms with Crippen LogP contribution in [0.15, 0.2) is 24.3 Å². The van der Waals surface area contributed by atoms with Crippen LogP contribution >= 0.6 is 0 Å². The Morgan fingerprint density at radius 3 is 2.63 bits per heavy atom. The Hall–Kier alpha value is -1.07. The Bertz CT molecular complexity index is 509. The van der Waals surface area contributed by atoms with Gasteiger partial charge in [0.1, 0.15) is 15.6 Å². The maximum absolute atomic E-state index is 11.5. The minimum absolute atomic E-state index is 0.188. The summed E-state index contributed by atoms with van der Waals surface area (Å²) >= 11 is 0. The van der Waals surface area contributed by atoms with E-state index in [1.807, 2.05) is 31.2 Å². The lowest BCUT2D eigenvalue weighted by molar-refractivity contribution is 0.407. The maximum Gasteiger partial charge on any atom is 0.150 e. The molecule has 0 spiro atoms. The summed E-state index contributed by atoms with van der Waals surface area (Å²) < 4.78 is 28.1. The predicted molar refractivity (Wildman–Crippen MR) is 78.1 cm³/mol. The molecule has 0 saturated heterocycles. The number of hydrogen-bond donors (Lipinski definition) is 1. The third-order valence-corrected chi connectivity index (χ3v) is 5.11. The lowest BCUT2D eigenvalue weighted by Gasteiger charge is -2.25. The van der Waals surface area contributed by atoms with Crippen LogP contribution in [-0.4, -0.2) is 27.0 Å². The Balaban J connectivity index is 2.70. The van der Waals surface area contributed by atoms with E-state index < -0.39 is 15.4 Å². The van der Waals surface area contributed by atoms with Crippen LogP contribution in [0.25, 0.3) is 0 Å². The smallest absolute Gasteiger partial charge is 0.150 e. The lowest BCUT2D eigenvalue weighted by Crippen LogP contribution is -2.33. The molecule has 1 rings (SSSR count). The van der Waals surface area contributed by atoms with Gasteiger partial charge in [-0.1, -0.05) is 19.1 Å². The van der Waals surface area contributed by atoms with Crippen molar-refractivity contribution in [2.75, 3.05) is 18.6 Å². The van der Waals surface area contributed by atoms with Gasteiger partial charge in [-0.2, -0.15) is 0 Å². The normalized spacial score (nSPS) is 14.9. The molecule has 0 aliphatic heterocycles. The molecular weight excluding hydrogens is 262 g/mol. The van der Waals surface area contributed by atoms with Gasteiger partial charge in [0.25, 0.3) is 0 Å². The molecule has 0 saturated carbocycles. The monoisotopic (exact) mass is 285 g/mol. The van der Waals surface area contributed by atoms with Crippen LogP contribution in [0.5, 0.6) is 5.75 Å². The van der Waals surface area contributed by atoms with Crippen molar-refractivity contribution >= 4 is 9.84 Å². The van der Waals surface area contributed by atoms with Crippen LogP contribution in [0.4, 0.5) is 0 Å². The molecule has 5 heteroatoms. The summed E-state index contributed by atoms with van der Waals surface area (Å²) in [6.45, 7) is 3.58. The van der Waals surface area contributed by atoms with Gasteiger partial charge in [0.05, 0.1) is 12.9 Å². The van der Waals surface area contributed by atoms with E-state index in [2.05, 4.69) is 0 Å². The zero-order valence-corrected chi connectivity index (χ0v) is 12.7. The van der Waals surface area contributed by atoms with E-state index in [-0.39, 0.29) is 11.5 Å². The first-order valence-corrected chi connectivity index (χ1v) is 8.27. The Morgan fingerprint density at radius 1 is 1.37 bits per heavy atom. The van der Waals surface area contributed by atoms with Gasteiger partial charge in [0.2, 0.25) is 0 Å². The maximum atomic E-state index is 11.5. The molecule has 2 N–H and O–H groups in total. The minimum atomic E-state index is -2.92. The third-order valence-electron chi connectivity index (χ3n) is 3.32. The molecule has 0 fully saturated rings. The first-order chi connectivity index (χ1) is 8.80. The molecule has 0 aliphatic carbocycles. The second-order valence-electron chi connectivity index (χ2n) is 4.99. The summed E-state index contributed by atoms with van der Waals surface area (Å²) in [7, 11) is -1.31. The summed E-state index contributed by atoms with van der Waals surface area (Å²) in [6.07, 6.45) is 1.19. The predicted octanol–water partition coefficient (Wildman–Crippen LogP) is 2.08. The van der Waals surface area contributed by atoms with Gasteiger partial charge < -0.3 is 10.5 Å². The minimum Gasteiger partial charge on any atom is -0.497 e. The highest BCUT2D eigenvalue weighted by Gasteiger charge is 2.22. The van der Waals surface area contributed by atoms with E-state index in [1.54, 1.807) is 14.0 Å². The zero-order valence-electron chi connectivity index (χ0n) is 11.8. The van der Waals surface area contributed by atoms with Crippen molar-refractivity contribution in [1.82, 2.24) is 0 Å². The molecule has 0 aromatic heterocycles. The number of nitrogens with two attached hydrogens (primary N) is 1. The van der Waals surface area contributed by atoms with Crippen LogP contribution in [0.1, 0.15) is 32.3 Å². The van der Waals surface area contributed by atoms with Crippen LogP contribution in [0.2, 0.25) is 0 Å². The molecule has 0 amide bonds. The van der Waals surface area contributed by atoms with Gasteiger partial charge in [-0.05, 0) is 37.5 Å². The standard InChI is InChI=1S/C14H23NO3S/c1-4-19(16,17)10-6-9-14(2,15)12-7-5-8-13(11-12)18-3/h5,7-8,11H,4,6,9-10,15H2,1-3H3. The highest BCUT2D eigenvalue weighted by Crippen LogP contribution is 2.26. The fourth-order valence-corrected chi connectivity index (χ4v) is 2.80. The molecule has 19 heavy (non-hydrogen) atoms. The van der Waals surface area contributed by atoms with E-state index in [1.165, 1.54) is 0 Å². The lowest BCUT2D eigenvalue weighted by atomic mass is 9.88. The molecular formula is C14H23NO3S. The van der Waals surface area contributed by atoms with E-state index >= 15 is 0 Å². The number of ether oxygens (including phenoxy) is 1. The van der Waals surface area contributed by atoms with Crippen molar-refractivity contribution in [1.29, 1.82) is 0 Å². The largest absolute Gasteiger partial charge is 0.497 e. The van der Waals surface area contributed by atoms with E-state index in [9.17, 15) is 8.42 Å². The quantitative estimate of drug-likeness (QED) is 0.832. The summed E-state index contributed by atoms with van der Waals surface area (Å²) in [4.78, 5) is 0. The van der Waals surface area contributed by atoms with E-state index in [4.69, 9.17) is 10.5 Å². The van der Waals surface area contributed by atoms with Gasteiger partial charge in [-0.3, -0.25) is 0 Å². The van der Waals surface area contributed by atoms with Crippen LogP contribution in [0.3, 0.4) is 0 Å². The second-order valence-corrected chi connectivity index (χ2v) is 7.46. The summed E-state index contributed by atoms with van der Waals surface area (Å²) in [5, 5.41) is 0. The summed E-state index contributed by atoms with van der Waals surface area (Å²) in [5.74, 6) is 1.14. The van der Waals surface area contributed by atoms with Crippen molar-refractivity contribution in [2.24, 2.45) is 5.73 Å². The van der Waals surface area contributed by atoms with Gasteiger partial charge in [-0.15, -0.1) is 0 Å². The Morgan fingerprint density at radius 2 is 2.05 bits per heavy atom. The summed E-state index contributed by atoms with van der Waals surface area (Å²) in [6, 6.07) is 7.59. The van der Waals surface area contributed by atoms with Crippen molar-refractivity contribution in [3.8, 4) is 5.75 Å². The van der Waals surface area contributed by atoms with Crippen LogP contribution in [0, 0.1) is 0 Å². The van der Waals surface area contributed by atoms with Crippen molar-refractivity contribution in [2.45, 2.75) is 32.2 Å². The average Bonchev–Trinajstić information content (AvgIpc) is 2.38. The fourth-order valence-electron chi connectivity index (χ4n) is 1.93. The number of rotatable bonds is 7. The Labute approximate surface area is 115 Å². The SMILES string of the molecule is CCS(=O)(=O)CCCC(C)(N)c1cccc(OC)c1. The molecule has 1 aromatic rings. The molecule has 4 nitrogen and oxygen atoms in total. The van der Waals surface area contributed by atoms with Crippen LogP contribution in [-0.2, 0) is 15.4 Å². The second kappa shape index (κ2) is 6.39. The molecule has 1 unspecified atom stereocenters. The van der Waals surface area contributed by atoms with Crippen molar-refractivity contribution in [3.05, 3.63) is 29.8 Å². The van der Waals surface area contributed by atoms with Gasteiger partial charge >= 0.3 is 0 Å². The van der Waals surface area contributed by atoms with Crippen molar-refractivity contribution < 1.29 is 13.2 Å². The van der Waals surface area contributed by atoms with Crippen molar-refractivity contribution in [3.63, 3.8) is 0 Å². The third kappa shape index (κ3) is 4.84. The number of sulfone groups is 1. The zero-order chi connectivity index (χ0) is 14.5. The summed E-state index contributed by atoms with van der Waals surface area (Å²) in [5.41, 5.74) is 6.70. The van der Waals surface area contributed by atoms with Gasteiger partial charge in [0, 0.05) is 11.3 Å². The highest BCUT2D eigenvalue weighted by atomic mass is 32.2. The molecule has 0 radical (unpaired) electrons. The highest BCUT2D eigenvalue weighted by molar-refractivity contribution is 7.91. The average molecular weight is 285 g/mol. The molecule has 1 aromatic carbocycles. The number of methoxy groups -OCH3 is 1.